The second kappa shape index (κ2) is 9.04. The molecule has 2 aromatic rings. The maximum absolute atomic E-state index is 8.06. The number of allylic oxidation sites excluding steroid dienone is 6. The van der Waals surface area contributed by atoms with E-state index in [4.69, 9.17) is 5.73 Å². The molecule has 0 fully saturated rings. The fourth-order valence-electron chi connectivity index (χ4n) is 2.77. The third-order valence-electron chi connectivity index (χ3n) is 4.11. The fraction of sp³-hybridized carbons (Fsp3) is 0. The number of nitrogens with one attached hydrogen (secondary N) is 2. The molecule has 6 heteroatoms. The second-order valence-electron chi connectivity index (χ2n) is 6.32. The van der Waals surface area contributed by atoms with Gasteiger partial charge in [-0.2, -0.15) is 23.5 Å². The minimum absolute atomic E-state index is 0.392. The van der Waals surface area contributed by atoms with E-state index in [1.165, 1.54) is 0 Å². The Morgan fingerprint density at radius 3 is 2.52 bits per heavy atom. The van der Waals surface area contributed by atoms with Gasteiger partial charge in [0, 0.05) is 0 Å². The minimum atomic E-state index is 0.392. The van der Waals surface area contributed by atoms with Crippen molar-refractivity contribution in [2.24, 2.45) is 9.98 Å². The standard InChI is InChI=1S/C23H16N4S.Zn/c1-16-4-6-19(25-16)14-20-9-10-22(27-20)15-21-8-7-18(26-21)13-17(24)5-11-23-3-2-12-28-23;/h1-10,12-15,24,26H;/q-2;. The van der Waals surface area contributed by atoms with Crippen molar-refractivity contribution in [1.82, 2.24) is 4.98 Å². The molecule has 2 aliphatic rings. The molecule has 4 rings (SSSR count). The van der Waals surface area contributed by atoms with Gasteiger partial charge in [-0.15, -0.1) is 18.2 Å². The van der Waals surface area contributed by atoms with Crippen LogP contribution >= 0.6 is 11.3 Å². The Balaban J connectivity index is 1.44. The van der Waals surface area contributed by atoms with E-state index in [1.807, 2.05) is 66.1 Å². The van der Waals surface area contributed by atoms with Crippen LogP contribution in [0.1, 0.15) is 16.3 Å². The number of thiophene rings is 1. The number of aliphatic imine (C=N–C) groups is 2. The number of H-pyrrole nitrogens is 1. The molecular weight excluding hydrogens is 430 g/mol. The predicted octanol–water partition coefficient (Wildman–Crippen LogP) is 5.47. The summed E-state index contributed by atoms with van der Waals surface area (Å²) in [6.07, 6.45) is 18.5. The van der Waals surface area contributed by atoms with Crippen molar-refractivity contribution in [3.63, 3.8) is 0 Å². The average Bonchev–Trinajstić information content (AvgIpc) is 3.50. The van der Waals surface area contributed by atoms with Crippen molar-refractivity contribution >= 4 is 39.5 Å². The number of rotatable bonds is 6. The molecular formula is C23H16N4SZn-2. The Morgan fingerprint density at radius 2 is 1.76 bits per heavy atom. The average molecular weight is 446 g/mol. The van der Waals surface area contributed by atoms with Crippen molar-refractivity contribution in [1.29, 1.82) is 0 Å². The van der Waals surface area contributed by atoms with Gasteiger partial charge in [0.15, 0.2) is 0 Å². The summed E-state index contributed by atoms with van der Waals surface area (Å²) < 4.78 is 2.10. The molecule has 2 N–H and O–H groups in total. The molecule has 29 heavy (non-hydrogen) atoms. The van der Waals surface area contributed by atoms with Crippen molar-refractivity contribution in [2.75, 3.05) is 0 Å². The van der Waals surface area contributed by atoms with Crippen LogP contribution in [0.5, 0.6) is 0 Å². The summed E-state index contributed by atoms with van der Waals surface area (Å²) in [5.41, 5.74) is 14.0. The van der Waals surface area contributed by atoms with Crippen LogP contribution in [0.25, 0.3) is 17.9 Å². The topological polar surface area (TPSA) is 64.3 Å². The Morgan fingerprint density at radius 1 is 1.00 bits per heavy atom. The summed E-state index contributed by atoms with van der Waals surface area (Å²) in [5.74, 6) is 0. The Kier molecular flexibility index (Phi) is 6.04. The molecule has 0 radical (unpaired) electrons. The summed E-state index contributed by atoms with van der Waals surface area (Å²) in [5, 5.41) is 2.00. The van der Waals surface area contributed by atoms with Crippen LogP contribution in [0, 0.1) is 6.08 Å². The SMILES string of the molecule is [NH-]C(C=[C-]c1cccs1)=Cc1ccc(C=C2C=CC(C=C3C=CC([CH]=[Zn])=N3)=N2)[nH]1. The molecule has 138 valence electrons. The van der Waals surface area contributed by atoms with Gasteiger partial charge in [0.25, 0.3) is 0 Å². The molecule has 0 bridgehead atoms. The molecule has 0 spiro atoms. The maximum atomic E-state index is 8.06. The first-order valence-corrected chi connectivity index (χ1v) is 11.6. The predicted molar refractivity (Wildman–Crippen MR) is 120 cm³/mol. The van der Waals surface area contributed by atoms with E-state index >= 15 is 0 Å². The third kappa shape index (κ3) is 5.31. The van der Waals surface area contributed by atoms with Gasteiger partial charge >= 0.3 is 120 Å². The van der Waals surface area contributed by atoms with Crippen LogP contribution in [0.15, 0.2) is 93.2 Å². The van der Waals surface area contributed by atoms with Crippen molar-refractivity contribution < 1.29 is 17.9 Å². The summed E-state index contributed by atoms with van der Waals surface area (Å²) in [7, 11) is 0. The number of hydrogen-bond acceptors (Lipinski definition) is 3. The molecule has 2 aliphatic heterocycles. The van der Waals surface area contributed by atoms with Crippen LogP contribution in [0.2, 0.25) is 0 Å². The first kappa shape index (κ1) is 19.4. The van der Waals surface area contributed by atoms with Crippen molar-refractivity contribution in [2.45, 2.75) is 0 Å². The first-order valence-electron chi connectivity index (χ1n) is 9.03. The third-order valence-corrected chi connectivity index (χ3v) is 5.79. The van der Waals surface area contributed by atoms with Gasteiger partial charge in [-0.3, -0.25) is 0 Å². The van der Waals surface area contributed by atoms with Gasteiger partial charge in [-0.25, -0.2) is 5.70 Å². The van der Waals surface area contributed by atoms with E-state index in [0.717, 1.165) is 56.9 Å². The van der Waals surface area contributed by atoms with Gasteiger partial charge in [0.1, 0.15) is 0 Å². The monoisotopic (exact) mass is 444 g/mol. The second-order valence-corrected chi connectivity index (χ2v) is 8.12. The first-order chi connectivity index (χ1) is 14.2. The van der Waals surface area contributed by atoms with E-state index in [0.29, 0.717) is 5.70 Å². The Labute approximate surface area is 183 Å². The number of aromatic amines is 1. The van der Waals surface area contributed by atoms with Gasteiger partial charge in [-0.1, -0.05) is 4.88 Å². The van der Waals surface area contributed by atoms with Gasteiger partial charge < -0.3 is 5.73 Å². The molecule has 0 saturated heterocycles. The number of aromatic nitrogens is 1. The van der Waals surface area contributed by atoms with Crippen LogP contribution in [0.3, 0.4) is 0 Å². The summed E-state index contributed by atoms with van der Waals surface area (Å²) in [6.45, 7) is 0. The molecule has 0 amide bonds. The molecule has 4 heterocycles. The van der Waals surface area contributed by atoms with E-state index < -0.39 is 0 Å². The van der Waals surface area contributed by atoms with Crippen molar-refractivity contribution in [3.8, 4) is 0 Å². The Hall–Kier alpha value is -2.95. The van der Waals surface area contributed by atoms with Crippen LogP contribution in [-0.4, -0.2) is 21.0 Å². The van der Waals surface area contributed by atoms with E-state index in [2.05, 4.69) is 25.7 Å². The van der Waals surface area contributed by atoms with E-state index in [1.54, 1.807) is 23.5 Å². The summed E-state index contributed by atoms with van der Waals surface area (Å²) in [6, 6.07) is 7.89. The zero-order valence-electron chi connectivity index (χ0n) is 15.6. The normalized spacial score (nSPS) is 19.0. The molecule has 4 nitrogen and oxygen atoms in total. The molecule has 2 aromatic heterocycles. The van der Waals surface area contributed by atoms with Gasteiger partial charge in [-0.05, 0) is 5.38 Å². The molecule has 0 unspecified atom stereocenters. The number of nitrogens with zero attached hydrogens (tertiary/aromatic N) is 2. The van der Waals surface area contributed by atoms with Crippen LogP contribution in [0.4, 0.5) is 0 Å². The van der Waals surface area contributed by atoms with E-state index in [-0.39, 0.29) is 0 Å². The zero-order chi connectivity index (χ0) is 20.1. The van der Waals surface area contributed by atoms with Gasteiger partial charge in [0.2, 0.25) is 0 Å². The zero-order valence-corrected chi connectivity index (χ0v) is 19.4. The Bertz CT molecular complexity index is 1170. The molecule has 0 atom stereocenters. The van der Waals surface area contributed by atoms with E-state index in [9.17, 15) is 0 Å². The van der Waals surface area contributed by atoms with Gasteiger partial charge in [0.05, 0.1) is 0 Å². The van der Waals surface area contributed by atoms with Crippen molar-refractivity contribution in [3.05, 3.63) is 111 Å². The molecule has 0 saturated carbocycles. The summed E-state index contributed by atoms with van der Waals surface area (Å²) in [4.78, 5) is 13.4. The quantitative estimate of drug-likeness (QED) is 0.348. The molecule has 0 aromatic carbocycles. The fourth-order valence-corrected chi connectivity index (χ4v) is 3.84. The van der Waals surface area contributed by atoms with Crippen LogP contribution < -0.4 is 0 Å². The van der Waals surface area contributed by atoms with Crippen LogP contribution in [-0.2, 0) is 17.9 Å². The molecule has 0 aliphatic carbocycles. The summed E-state index contributed by atoms with van der Waals surface area (Å²) >= 11 is 2.70. The number of hydrogen-bond donors (Lipinski definition) is 1.